The summed E-state index contributed by atoms with van der Waals surface area (Å²) in [5, 5.41) is 16.8. The average Bonchev–Trinajstić information content (AvgIpc) is 3.48. The number of rotatable bonds is 3. The van der Waals surface area contributed by atoms with Gasteiger partial charge in [0.15, 0.2) is 0 Å². The molecule has 0 unspecified atom stereocenters. The first-order chi connectivity index (χ1) is 13.1. The van der Waals surface area contributed by atoms with Gasteiger partial charge < -0.3 is 10.2 Å². The Morgan fingerprint density at radius 3 is 1.10 bits per heavy atom. The first-order valence-electron chi connectivity index (χ1n) is 11.5. The standard InChI is InChI=1S/C7H12O2.C6H10O2.2C5H10.2Fe/c8-7(9)5-6-3-1-2-4-6;7-6(8)5-3-1-2-4-5;2*1-2-4-5-3-1;;/h6H,1-5H2,(H,8,9);5H,1-4H2,(H,7,8);2*1-5H2;;. The Morgan fingerprint density at radius 1 is 0.552 bits per heavy atom. The van der Waals surface area contributed by atoms with Crippen molar-refractivity contribution in [3.05, 3.63) is 0 Å². The molecule has 4 aliphatic rings. The second-order valence-electron chi connectivity index (χ2n) is 8.60. The molecule has 2 N–H and O–H groups in total. The predicted molar refractivity (Wildman–Crippen MR) is 110 cm³/mol. The SMILES string of the molecule is C1CCCC1.C1CCCC1.O=C(O)C1CCCC1.O=C(O)CC1CCCC1.[Fe].[Fe]. The third-order valence-electron chi connectivity index (χ3n) is 6.14. The predicted octanol–water partition coefficient (Wildman–Crippen LogP) is 6.81. The van der Waals surface area contributed by atoms with Gasteiger partial charge in [0.1, 0.15) is 0 Å². The van der Waals surface area contributed by atoms with E-state index < -0.39 is 11.9 Å². The van der Waals surface area contributed by atoms with Crippen LogP contribution in [0.1, 0.15) is 122 Å². The van der Waals surface area contributed by atoms with Crippen molar-refractivity contribution in [3.63, 3.8) is 0 Å². The van der Waals surface area contributed by atoms with Crippen molar-refractivity contribution in [3.8, 4) is 0 Å². The van der Waals surface area contributed by atoms with Crippen molar-refractivity contribution < 1.29 is 53.9 Å². The Morgan fingerprint density at radius 2 is 0.862 bits per heavy atom. The van der Waals surface area contributed by atoms with E-state index in [-0.39, 0.29) is 40.1 Å². The normalized spacial score (nSPS) is 20.6. The molecule has 6 heteroatoms. The van der Waals surface area contributed by atoms with E-state index in [0.717, 1.165) is 38.5 Å². The van der Waals surface area contributed by atoms with E-state index in [4.69, 9.17) is 10.2 Å². The van der Waals surface area contributed by atoms with Gasteiger partial charge in [0.25, 0.3) is 0 Å². The van der Waals surface area contributed by atoms with Gasteiger partial charge in [-0.05, 0) is 31.6 Å². The van der Waals surface area contributed by atoms with Crippen LogP contribution in [0.4, 0.5) is 0 Å². The Bertz CT molecular complexity index is 359. The first kappa shape index (κ1) is 31.2. The third-order valence-corrected chi connectivity index (χ3v) is 6.14. The molecule has 174 valence electrons. The summed E-state index contributed by atoms with van der Waals surface area (Å²) < 4.78 is 0. The molecule has 0 aromatic rings. The molecule has 0 saturated heterocycles. The zero-order chi connectivity index (χ0) is 19.7. The average molecular weight is 494 g/mol. The molecule has 0 aromatic heterocycles. The van der Waals surface area contributed by atoms with Crippen LogP contribution in [0.3, 0.4) is 0 Å². The summed E-state index contributed by atoms with van der Waals surface area (Å²) in [5.74, 6) is -0.776. The molecule has 0 atom stereocenters. The molecule has 0 radical (unpaired) electrons. The summed E-state index contributed by atoms with van der Waals surface area (Å²) in [6.07, 6.45) is 24.1. The van der Waals surface area contributed by atoms with Gasteiger partial charge >= 0.3 is 11.9 Å². The Labute approximate surface area is 199 Å². The molecule has 29 heavy (non-hydrogen) atoms. The molecule has 4 aliphatic carbocycles. The maximum Gasteiger partial charge on any atom is 0.306 e. The molecule has 0 aromatic carbocycles. The fraction of sp³-hybridized carbons (Fsp3) is 0.913. The van der Waals surface area contributed by atoms with E-state index in [9.17, 15) is 9.59 Å². The zero-order valence-corrected chi connectivity index (χ0v) is 20.2. The van der Waals surface area contributed by atoms with Crippen LogP contribution < -0.4 is 0 Å². The minimum absolute atomic E-state index is 0. The van der Waals surface area contributed by atoms with E-state index in [1.807, 2.05) is 0 Å². The van der Waals surface area contributed by atoms with Crippen molar-refractivity contribution in [1.82, 2.24) is 0 Å². The topological polar surface area (TPSA) is 74.6 Å². The molecule has 4 nitrogen and oxygen atoms in total. The summed E-state index contributed by atoms with van der Waals surface area (Å²) in [5.41, 5.74) is 0. The molecular weight excluding hydrogens is 452 g/mol. The Hall–Kier alpha value is -0.0210. The minimum Gasteiger partial charge on any atom is -0.481 e. The van der Waals surface area contributed by atoms with Gasteiger partial charge in [-0.1, -0.05) is 89.9 Å². The van der Waals surface area contributed by atoms with Gasteiger partial charge in [0, 0.05) is 40.6 Å². The van der Waals surface area contributed by atoms with Crippen molar-refractivity contribution in [1.29, 1.82) is 0 Å². The second kappa shape index (κ2) is 21.2. The summed E-state index contributed by atoms with van der Waals surface area (Å²) in [6, 6.07) is 0. The number of carbonyl (C=O) groups is 2. The summed E-state index contributed by atoms with van der Waals surface area (Å²) in [7, 11) is 0. The van der Waals surface area contributed by atoms with Crippen molar-refractivity contribution in [2.24, 2.45) is 11.8 Å². The van der Waals surface area contributed by atoms with Crippen molar-refractivity contribution in [2.75, 3.05) is 0 Å². The summed E-state index contributed by atoms with van der Waals surface area (Å²) in [6.45, 7) is 0. The maximum absolute atomic E-state index is 10.2. The van der Waals surface area contributed by atoms with Crippen LogP contribution in [0.25, 0.3) is 0 Å². The van der Waals surface area contributed by atoms with Gasteiger partial charge in [0.05, 0.1) is 5.92 Å². The number of carboxylic acids is 2. The maximum atomic E-state index is 10.2. The summed E-state index contributed by atoms with van der Waals surface area (Å²) in [4.78, 5) is 20.4. The van der Waals surface area contributed by atoms with Crippen LogP contribution in [-0.4, -0.2) is 22.2 Å². The third kappa shape index (κ3) is 18.5. The second-order valence-corrected chi connectivity index (χ2v) is 8.60. The van der Waals surface area contributed by atoms with Gasteiger partial charge in [-0.2, -0.15) is 0 Å². The van der Waals surface area contributed by atoms with E-state index >= 15 is 0 Å². The zero-order valence-electron chi connectivity index (χ0n) is 18.0. The fourth-order valence-corrected chi connectivity index (χ4v) is 4.40. The van der Waals surface area contributed by atoms with Gasteiger partial charge in [-0.25, -0.2) is 0 Å². The molecular formula is C23H42Fe2O4. The van der Waals surface area contributed by atoms with E-state index in [1.54, 1.807) is 0 Å². The largest absolute Gasteiger partial charge is 0.481 e. The Kier molecular flexibility index (Phi) is 22.8. The Balaban J connectivity index is 0. The van der Waals surface area contributed by atoms with Crippen LogP contribution in [0.2, 0.25) is 0 Å². The van der Waals surface area contributed by atoms with E-state index in [2.05, 4.69) is 0 Å². The number of carboxylic acid groups (broad SMARTS) is 2. The molecule has 0 heterocycles. The molecule has 0 aliphatic heterocycles. The summed E-state index contributed by atoms with van der Waals surface area (Å²) >= 11 is 0. The van der Waals surface area contributed by atoms with Gasteiger partial charge in [-0.3, -0.25) is 9.59 Å². The van der Waals surface area contributed by atoms with Crippen molar-refractivity contribution >= 4 is 11.9 Å². The molecule has 4 saturated carbocycles. The number of aliphatic carboxylic acids is 2. The van der Waals surface area contributed by atoms with Crippen LogP contribution in [0, 0.1) is 11.8 Å². The molecule has 4 fully saturated rings. The quantitative estimate of drug-likeness (QED) is 0.423. The molecule has 0 amide bonds. The van der Waals surface area contributed by atoms with Crippen molar-refractivity contribution in [2.45, 2.75) is 122 Å². The molecule has 0 spiro atoms. The molecule has 4 rings (SSSR count). The van der Waals surface area contributed by atoms with Crippen LogP contribution in [0.15, 0.2) is 0 Å². The minimum atomic E-state index is -0.637. The van der Waals surface area contributed by atoms with E-state index in [1.165, 1.54) is 77.0 Å². The van der Waals surface area contributed by atoms with Crippen LogP contribution in [0.5, 0.6) is 0 Å². The number of hydrogen-bond donors (Lipinski definition) is 2. The van der Waals surface area contributed by atoms with Crippen LogP contribution >= 0.6 is 0 Å². The first-order valence-corrected chi connectivity index (χ1v) is 11.5. The van der Waals surface area contributed by atoms with E-state index in [0.29, 0.717) is 12.3 Å². The van der Waals surface area contributed by atoms with Crippen LogP contribution in [-0.2, 0) is 43.7 Å². The molecule has 0 bridgehead atoms. The smallest absolute Gasteiger partial charge is 0.306 e. The van der Waals surface area contributed by atoms with Gasteiger partial charge in [-0.15, -0.1) is 0 Å². The fourth-order valence-electron chi connectivity index (χ4n) is 4.40. The number of hydrogen-bond acceptors (Lipinski definition) is 2. The van der Waals surface area contributed by atoms with Gasteiger partial charge in [0.2, 0.25) is 0 Å². The monoisotopic (exact) mass is 494 g/mol.